The minimum atomic E-state index is -0.830. The SMILES string of the molecule is NCN1CCN(c2ccc(C(=O)NC3CCC(=O)NC3=O)c(F)c2)CC1. The topological polar surface area (TPSA) is 108 Å². The highest BCUT2D eigenvalue weighted by Crippen LogP contribution is 2.20. The van der Waals surface area contributed by atoms with E-state index in [0.717, 1.165) is 26.2 Å². The summed E-state index contributed by atoms with van der Waals surface area (Å²) in [6.07, 6.45) is 0.356. The molecular formula is C17H22FN5O3. The Bertz CT molecular complexity index is 718. The average Bonchev–Trinajstić information content (AvgIpc) is 2.64. The number of carbonyl (C=O) groups excluding carboxylic acids is 3. The van der Waals surface area contributed by atoms with Crippen molar-refractivity contribution < 1.29 is 18.8 Å². The summed E-state index contributed by atoms with van der Waals surface area (Å²) in [5, 5.41) is 4.64. The normalized spacial score (nSPS) is 21.5. The molecule has 8 nitrogen and oxygen atoms in total. The number of rotatable bonds is 4. The largest absolute Gasteiger partial charge is 0.369 e. The van der Waals surface area contributed by atoms with Gasteiger partial charge in [0.25, 0.3) is 5.91 Å². The fraction of sp³-hybridized carbons (Fsp3) is 0.471. The van der Waals surface area contributed by atoms with Crippen molar-refractivity contribution in [3.8, 4) is 0 Å². The second kappa shape index (κ2) is 7.79. The Morgan fingerprint density at radius 2 is 2.00 bits per heavy atom. The lowest BCUT2D eigenvalue weighted by Gasteiger charge is -2.35. The number of amides is 3. The molecule has 1 atom stereocenters. The van der Waals surface area contributed by atoms with Crippen molar-refractivity contribution in [1.82, 2.24) is 15.5 Å². The van der Waals surface area contributed by atoms with E-state index in [1.807, 2.05) is 4.90 Å². The monoisotopic (exact) mass is 363 g/mol. The predicted octanol–water partition coefficient (Wildman–Crippen LogP) is -0.601. The molecule has 0 aliphatic carbocycles. The first kappa shape index (κ1) is 18.3. The zero-order valence-electron chi connectivity index (χ0n) is 14.3. The van der Waals surface area contributed by atoms with Crippen molar-refractivity contribution >= 4 is 23.4 Å². The van der Waals surface area contributed by atoms with E-state index >= 15 is 0 Å². The van der Waals surface area contributed by atoms with Gasteiger partial charge in [-0.05, 0) is 24.6 Å². The highest BCUT2D eigenvalue weighted by atomic mass is 19.1. The molecule has 0 radical (unpaired) electrons. The maximum atomic E-state index is 14.4. The number of hydrogen-bond donors (Lipinski definition) is 3. The van der Waals surface area contributed by atoms with Crippen molar-refractivity contribution in [3.05, 3.63) is 29.6 Å². The molecule has 3 rings (SSSR count). The lowest BCUT2D eigenvalue weighted by molar-refractivity contribution is -0.134. The maximum Gasteiger partial charge on any atom is 0.254 e. The van der Waals surface area contributed by atoms with E-state index in [1.165, 1.54) is 12.1 Å². The number of nitrogens with one attached hydrogen (secondary N) is 2. The quantitative estimate of drug-likeness (QED) is 0.617. The molecule has 0 aromatic heterocycles. The number of nitrogens with zero attached hydrogens (tertiary/aromatic N) is 2. The van der Waals surface area contributed by atoms with Gasteiger partial charge in [0.2, 0.25) is 11.8 Å². The van der Waals surface area contributed by atoms with Crippen molar-refractivity contribution in [2.45, 2.75) is 18.9 Å². The fourth-order valence-corrected chi connectivity index (χ4v) is 3.14. The molecule has 2 aliphatic rings. The summed E-state index contributed by atoms with van der Waals surface area (Å²) in [6, 6.07) is 3.61. The number of carbonyl (C=O) groups is 3. The fourth-order valence-electron chi connectivity index (χ4n) is 3.14. The minimum Gasteiger partial charge on any atom is -0.369 e. The van der Waals surface area contributed by atoms with Gasteiger partial charge in [-0.3, -0.25) is 24.6 Å². The van der Waals surface area contributed by atoms with E-state index in [-0.39, 0.29) is 24.3 Å². The van der Waals surface area contributed by atoms with Crippen LogP contribution in [0.25, 0.3) is 0 Å². The van der Waals surface area contributed by atoms with Gasteiger partial charge in [-0.2, -0.15) is 0 Å². The van der Waals surface area contributed by atoms with Crippen molar-refractivity contribution in [3.63, 3.8) is 0 Å². The molecule has 2 aliphatic heterocycles. The van der Waals surface area contributed by atoms with Crippen LogP contribution in [0.3, 0.4) is 0 Å². The number of imide groups is 1. The Kier molecular flexibility index (Phi) is 5.48. The number of anilines is 1. The van der Waals surface area contributed by atoms with Crippen molar-refractivity contribution in [2.75, 3.05) is 37.7 Å². The molecule has 26 heavy (non-hydrogen) atoms. The molecule has 1 aromatic carbocycles. The summed E-state index contributed by atoms with van der Waals surface area (Å²) in [5.74, 6) is -2.25. The lowest BCUT2D eigenvalue weighted by atomic mass is 10.1. The van der Waals surface area contributed by atoms with E-state index in [1.54, 1.807) is 6.07 Å². The number of piperidine rings is 1. The molecule has 2 heterocycles. The maximum absolute atomic E-state index is 14.4. The van der Waals surface area contributed by atoms with Crippen LogP contribution in [-0.2, 0) is 9.59 Å². The van der Waals surface area contributed by atoms with Crippen LogP contribution in [-0.4, -0.2) is 61.5 Å². The lowest BCUT2D eigenvalue weighted by Crippen LogP contribution is -2.52. The summed E-state index contributed by atoms with van der Waals surface area (Å²) >= 11 is 0. The third-order valence-corrected chi connectivity index (χ3v) is 4.74. The van der Waals surface area contributed by atoms with Crippen molar-refractivity contribution in [2.24, 2.45) is 5.73 Å². The predicted molar refractivity (Wildman–Crippen MR) is 92.9 cm³/mol. The second-order valence-corrected chi connectivity index (χ2v) is 6.43. The molecule has 9 heteroatoms. The Morgan fingerprint density at radius 3 is 2.62 bits per heavy atom. The molecule has 140 valence electrons. The van der Waals surface area contributed by atoms with Crippen LogP contribution >= 0.6 is 0 Å². The molecule has 2 fully saturated rings. The van der Waals surface area contributed by atoms with E-state index in [2.05, 4.69) is 15.5 Å². The molecule has 1 aromatic rings. The number of nitrogens with two attached hydrogens (primary N) is 1. The van der Waals surface area contributed by atoms with Gasteiger partial charge >= 0.3 is 0 Å². The molecule has 2 saturated heterocycles. The minimum absolute atomic E-state index is 0.126. The number of hydrogen-bond acceptors (Lipinski definition) is 6. The Morgan fingerprint density at radius 1 is 1.27 bits per heavy atom. The zero-order chi connectivity index (χ0) is 18.7. The Balaban J connectivity index is 1.65. The third-order valence-electron chi connectivity index (χ3n) is 4.74. The molecular weight excluding hydrogens is 341 g/mol. The van der Waals surface area contributed by atoms with Crippen LogP contribution in [0.2, 0.25) is 0 Å². The summed E-state index contributed by atoms with van der Waals surface area (Å²) in [4.78, 5) is 39.3. The third kappa shape index (κ3) is 4.00. The molecule has 0 saturated carbocycles. The van der Waals surface area contributed by atoms with Gasteiger partial charge < -0.3 is 16.0 Å². The van der Waals surface area contributed by atoms with Gasteiger partial charge in [-0.1, -0.05) is 0 Å². The summed E-state index contributed by atoms with van der Waals surface area (Å²) in [6.45, 7) is 3.57. The first-order valence-electron chi connectivity index (χ1n) is 8.59. The van der Waals surface area contributed by atoms with Crippen LogP contribution in [0.15, 0.2) is 18.2 Å². The smallest absolute Gasteiger partial charge is 0.254 e. The van der Waals surface area contributed by atoms with Crippen LogP contribution in [0.4, 0.5) is 10.1 Å². The standard InChI is InChI=1S/C17H22FN5O3/c18-13-9-11(23-7-5-22(10-19)6-8-23)1-2-12(13)16(25)20-14-3-4-15(24)21-17(14)26/h1-2,9,14H,3-8,10,19H2,(H,20,25)(H,21,24,26). The summed E-state index contributed by atoms with van der Waals surface area (Å²) < 4.78 is 14.4. The highest BCUT2D eigenvalue weighted by Gasteiger charge is 2.29. The van der Waals surface area contributed by atoms with Gasteiger partial charge in [0, 0.05) is 45.0 Å². The molecule has 1 unspecified atom stereocenters. The summed E-state index contributed by atoms with van der Waals surface area (Å²) in [5.41, 5.74) is 6.19. The van der Waals surface area contributed by atoms with Crippen LogP contribution < -0.4 is 21.3 Å². The highest BCUT2D eigenvalue weighted by molar-refractivity contribution is 6.03. The summed E-state index contributed by atoms with van der Waals surface area (Å²) in [7, 11) is 0. The van der Waals surface area contributed by atoms with Gasteiger partial charge in [0.05, 0.1) is 5.56 Å². The van der Waals surface area contributed by atoms with Gasteiger partial charge in [0.15, 0.2) is 0 Å². The van der Waals surface area contributed by atoms with Crippen LogP contribution in [0.5, 0.6) is 0 Å². The first-order valence-corrected chi connectivity index (χ1v) is 8.59. The number of benzene rings is 1. The van der Waals surface area contributed by atoms with Gasteiger partial charge in [0.1, 0.15) is 11.9 Å². The van der Waals surface area contributed by atoms with Crippen molar-refractivity contribution in [1.29, 1.82) is 0 Å². The van der Waals surface area contributed by atoms with E-state index < -0.39 is 23.7 Å². The van der Waals surface area contributed by atoms with E-state index in [4.69, 9.17) is 5.73 Å². The van der Waals surface area contributed by atoms with E-state index in [0.29, 0.717) is 12.4 Å². The molecule has 3 amide bonds. The molecule has 4 N–H and O–H groups in total. The van der Waals surface area contributed by atoms with E-state index in [9.17, 15) is 18.8 Å². The van der Waals surface area contributed by atoms with Gasteiger partial charge in [-0.15, -0.1) is 0 Å². The Hall–Kier alpha value is -2.52. The zero-order valence-corrected chi connectivity index (χ0v) is 14.3. The molecule has 0 bridgehead atoms. The number of piperazine rings is 1. The average molecular weight is 363 g/mol. The first-order chi connectivity index (χ1) is 12.5. The Labute approximate surface area is 150 Å². The second-order valence-electron chi connectivity index (χ2n) is 6.43. The number of halogens is 1. The van der Waals surface area contributed by atoms with Crippen LogP contribution in [0.1, 0.15) is 23.2 Å². The van der Waals surface area contributed by atoms with Crippen LogP contribution in [0, 0.1) is 5.82 Å². The molecule has 0 spiro atoms. The van der Waals surface area contributed by atoms with Gasteiger partial charge in [-0.25, -0.2) is 4.39 Å².